The summed E-state index contributed by atoms with van der Waals surface area (Å²) in [5.74, 6) is 0.840. The molecule has 0 aliphatic carbocycles. The number of piperidine rings is 1. The van der Waals surface area contributed by atoms with Crippen molar-refractivity contribution in [2.24, 2.45) is 5.73 Å². The average Bonchev–Trinajstić information content (AvgIpc) is 2.18. The minimum Gasteiger partial charge on any atom is -0.474 e. The minimum absolute atomic E-state index is 0.117. The van der Waals surface area contributed by atoms with E-state index >= 15 is 0 Å². The number of nitrogens with two attached hydrogens (primary N) is 1. The Morgan fingerprint density at radius 3 is 2.12 bits per heavy atom. The zero-order valence-corrected chi connectivity index (χ0v) is 10.7. The highest BCUT2D eigenvalue weighted by atomic mass is 16.5. The summed E-state index contributed by atoms with van der Waals surface area (Å²) in [6.45, 7) is 12.4. The molecule has 4 nitrogen and oxygen atoms in total. The zero-order valence-electron chi connectivity index (χ0n) is 10.7. The van der Waals surface area contributed by atoms with Crippen LogP contribution in [0.2, 0.25) is 0 Å². The van der Waals surface area contributed by atoms with Crippen molar-refractivity contribution >= 4 is 6.41 Å². The number of ether oxygens (including phenoxy) is 1. The van der Waals surface area contributed by atoms with Gasteiger partial charge in [0.05, 0.1) is 0 Å². The molecule has 1 rings (SSSR count). The monoisotopic (exact) mass is 228 g/mol. The molecule has 0 aromatic carbocycles. The van der Waals surface area contributed by atoms with E-state index in [1.807, 2.05) is 0 Å². The molecule has 0 aromatic heterocycles. The van der Waals surface area contributed by atoms with Crippen LogP contribution in [0.5, 0.6) is 0 Å². The van der Waals surface area contributed by atoms with Crippen LogP contribution < -0.4 is 5.73 Å². The van der Waals surface area contributed by atoms with E-state index in [9.17, 15) is 0 Å². The Balaban J connectivity index is 0.000000673. The average molecular weight is 228 g/mol. The fourth-order valence-electron chi connectivity index (χ4n) is 1.56. The van der Waals surface area contributed by atoms with Crippen LogP contribution in [0.3, 0.4) is 0 Å². The number of rotatable bonds is 2. The summed E-state index contributed by atoms with van der Waals surface area (Å²) in [6, 6.07) is 0. The molecule has 0 saturated carbocycles. The van der Waals surface area contributed by atoms with E-state index in [2.05, 4.69) is 38.0 Å². The molecule has 2 N–H and O–H groups in total. The maximum absolute atomic E-state index is 8.58. The van der Waals surface area contributed by atoms with Gasteiger partial charge in [-0.25, -0.2) is 0 Å². The summed E-state index contributed by atoms with van der Waals surface area (Å²) in [5, 5.41) is 0. The quantitative estimate of drug-likeness (QED) is 0.580. The van der Waals surface area contributed by atoms with Crippen molar-refractivity contribution in [3.05, 3.63) is 12.5 Å². The number of carbonyl (C=O) groups is 1. The van der Waals surface area contributed by atoms with Crippen LogP contribution in [-0.2, 0) is 9.53 Å². The van der Waals surface area contributed by atoms with Gasteiger partial charge in [-0.3, -0.25) is 4.79 Å². The molecule has 1 aliphatic heterocycles. The van der Waals surface area contributed by atoms with Crippen molar-refractivity contribution in [3.63, 3.8) is 0 Å². The maximum Gasteiger partial charge on any atom is 0.204 e. The maximum atomic E-state index is 8.58. The summed E-state index contributed by atoms with van der Waals surface area (Å²) in [4.78, 5) is 10.8. The molecule has 94 valence electrons. The van der Waals surface area contributed by atoms with E-state index in [-0.39, 0.29) is 12.0 Å². The Morgan fingerprint density at radius 1 is 1.31 bits per heavy atom. The molecule has 1 saturated heterocycles. The van der Waals surface area contributed by atoms with Gasteiger partial charge >= 0.3 is 0 Å². The molecule has 0 aromatic rings. The normalized spacial score (nSPS) is 15.8. The van der Waals surface area contributed by atoms with Crippen molar-refractivity contribution in [3.8, 4) is 0 Å². The molecule has 1 aliphatic rings. The van der Waals surface area contributed by atoms with Crippen LogP contribution in [-0.4, -0.2) is 30.0 Å². The van der Waals surface area contributed by atoms with Gasteiger partial charge < -0.3 is 15.4 Å². The van der Waals surface area contributed by atoms with E-state index in [0.717, 1.165) is 19.0 Å². The molecule has 0 atom stereocenters. The van der Waals surface area contributed by atoms with Crippen LogP contribution >= 0.6 is 0 Å². The molecule has 0 spiro atoms. The summed E-state index contributed by atoms with van der Waals surface area (Å²) in [7, 11) is 0. The topological polar surface area (TPSA) is 55.6 Å². The zero-order chi connectivity index (χ0) is 12.6. The predicted octanol–water partition coefficient (Wildman–Crippen LogP) is 1.86. The lowest BCUT2D eigenvalue weighted by atomic mass is 10.1. The van der Waals surface area contributed by atoms with Crippen molar-refractivity contribution in [2.75, 3.05) is 13.1 Å². The molecule has 0 unspecified atom stereocenters. The van der Waals surface area contributed by atoms with Gasteiger partial charge in [0.25, 0.3) is 0 Å². The molecule has 16 heavy (non-hydrogen) atoms. The number of hydrogen-bond acceptors (Lipinski definition) is 3. The van der Waals surface area contributed by atoms with Crippen LogP contribution in [0, 0.1) is 0 Å². The Bertz CT molecular complexity index is 216. The lowest BCUT2D eigenvalue weighted by molar-refractivity contribution is -0.106. The molecule has 1 fully saturated rings. The predicted molar refractivity (Wildman–Crippen MR) is 65.7 cm³/mol. The minimum atomic E-state index is -0.117. The number of amides is 1. The first-order chi connectivity index (χ1) is 7.40. The second kappa shape index (κ2) is 7.14. The Hall–Kier alpha value is -1.19. The Kier molecular flexibility index (Phi) is 6.61. The van der Waals surface area contributed by atoms with Crippen molar-refractivity contribution in [1.29, 1.82) is 0 Å². The summed E-state index contributed by atoms with van der Waals surface area (Å²) in [6.07, 6.45) is 4.14. The van der Waals surface area contributed by atoms with E-state index in [4.69, 9.17) is 9.53 Å². The highest BCUT2D eigenvalue weighted by molar-refractivity contribution is 5.42. The smallest absolute Gasteiger partial charge is 0.204 e. The number of likely N-dealkylation sites (tertiary alicyclic amines) is 1. The highest BCUT2D eigenvalue weighted by Crippen LogP contribution is 2.19. The molecular weight excluding hydrogens is 204 g/mol. The molecule has 0 bridgehead atoms. The Labute approximate surface area is 98.4 Å². The van der Waals surface area contributed by atoms with Gasteiger partial charge in [-0.15, -0.1) is 0 Å². The molecular formula is C12H24N2O2. The van der Waals surface area contributed by atoms with Crippen LogP contribution in [0.15, 0.2) is 12.5 Å². The summed E-state index contributed by atoms with van der Waals surface area (Å²) in [5.41, 5.74) is 4.05. The van der Waals surface area contributed by atoms with Crippen molar-refractivity contribution in [1.82, 2.24) is 4.90 Å². The molecule has 4 heteroatoms. The van der Waals surface area contributed by atoms with Crippen LogP contribution in [0.25, 0.3) is 0 Å². The number of hydrogen-bond donors (Lipinski definition) is 1. The third kappa shape index (κ3) is 7.15. The van der Waals surface area contributed by atoms with Crippen LogP contribution in [0.1, 0.15) is 40.0 Å². The van der Waals surface area contributed by atoms with E-state index in [0.29, 0.717) is 0 Å². The molecule has 0 radical (unpaired) electrons. The first-order valence-electron chi connectivity index (χ1n) is 5.69. The van der Waals surface area contributed by atoms with Crippen molar-refractivity contribution < 1.29 is 9.53 Å². The third-order valence-corrected chi connectivity index (χ3v) is 2.13. The summed E-state index contributed by atoms with van der Waals surface area (Å²) >= 11 is 0. The van der Waals surface area contributed by atoms with Gasteiger partial charge in [-0.1, -0.05) is 0 Å². The van der Waals surface area contributed by atoms with Gasteiger partial charge in [0.15, 0.2) is 5.88 Å². The second-order valence-corrected chi connectivity index (χ2v) is 4.79. The van der Waals surface area contributed by atoms with Gasteiger partial charge in [0, 0.05) is 13.1 Å². The summed E-state index contributed by atoms with van der Waals surface area (Å²) < 4.78 is 5.71. The second-order valence-electron chi connectivity index (χ2n) is 4.79. The van der Waals surface area contributed by atoms with Gasteiger partial charge in [-0.05, 0) is 46.6 Å². The number of nitrogens with zero attached hydrogens (tertiary/aromatic N) is 1. The highest BCUT2D eigenvalue weighted by Gasteiger charge is 2.18. The van der Waals surface area contributed by atoms with E-state index in [1.54, 1.807) is 0 Å². The molecule has 1 heterocycles. The van der Waals surface area contributed by atoms with E-state index in [1.165, 1.54) is 19.3 Å². The van der Waals surface area contributed by atoms with Gasteiger partial charge in [0.1, 0.15) is 5.60 Å². The largest absolute Gasteiger partial charge is 0.474 e. The lowest BCUT2D eigenvalue weighted by Gasteiger charge is -2.33. The number of carbonyl (C=O) groups excluding carboxylic acids is 1. The fraction of sp³-hybridized carbons (Fsp3) is 0.750. The third-order valence-electron chi connectivity index (χ3n) is 2.13. The standard InChI is InChI=1S/C11H21NO.CH3NO/c1-10(13-11(2,3)4)12-8-6-5-7-9-12;2-1-3/h1,5-9H2,2-4H3;1H,(H2,2,3). The van der Waals surface area contributed by atoms with Crippen LogP contribution in [0.4, 0.5) is 0 Å². The van der Waals surface area contributed by atoms with E-state index < -0.39 is 0 Å². The lowest BCUT2D eigenvalue weighted by Crippen LogP contribution is -2.33. The SMILES string of the molecule is C=C(OC(C)(C)C)N1CCCCC1.NC=O. The fourth-order valence-corrected chi connectivity index (χ4v) is 1.56. The first-order valence-corrected chi connectivity index (χ1v) is 5.69. The first kappa shape index (κ1) is 14.8. The van der Waals surface area contributed by atoms with Gasteiger partial charge in [0.2, 0.25) is 6.41 Å². The van der Waals surface area contributed by atoms with Crippen molar-refractivity contribution in [2.45, 2.75) is 45.6 Å². The Morgan fingerprint density at radius 2 is 1.75 bits per heavy atom. The molecule has 1 amide bonds. The van der Waals surface area contributed by atoms with Gasteiger partial charge in [-0.2, -0.15) is 0 Å². The number of primary amides is 1.